The Morgan fingerprint density at radius 1 is 1.11 bits per heavy atom. The maximum Gasteiger partial charge on any atom is 0.0846 e. The highest BCUT2D eigenvalue weighted by Gasteiger charge is 2.55. The number of hydrogen-bond acceptors (Lipinski definition) is 1. The normalized spacial score (nSPS) is 39.8. The van der Waals surface area contributed by atoms with Crippen LogP contribution in [0.1, 0.15) is 64.2 Å². The van der Waals surface area contributed by atoms with E-state index in [0.29, 0.717) is 0 Å². The van der Waals surface area contributed by atoms with Crippen LogP contribution in [0.5, 0.6) is 0 Å². The van der Waals surface area contributed by atoms with E-state index in [1.165, 1.54) is 5.56 Å². The van der Waals surface area contributed by atoms with Crippen LogP contribution in [0.15, 0.2) is 18.2 Å². The third-order valence-electron chi connectivity index (χ3n) is 5.17. The minimum Gasteiger partial charge on any atom is -0.388 e. The van der Waals surface area contributed by atoms with E-state index in [2.05, 4.69) is 33.8 Å². The lowest BCUT2D eigenvalue weighted by Gasteiger charge is -2.58. The average molecular weight is 279 g/mol. The molecule has 2 bridgehead atoms. The molecule has 3 rings (SSSR count). The van der Waals surface area contributed by atoms with Gasteiger partial charge in [-0.05, 0) is 58.8 Å². The summed E-state index contributed by atoms with van der Waals surface area (Å²) in [4.78, 5) is 0. The largest absolute Gasteiger partial charge is 0.388 e. The molecule has 0 saturated heterocycles. The summed E-state index contributed by atoms with van der Waals surface area (Å²) in [6.07, 6.45) is 2.93. The highest BCUT2D eigenvalue weighted by Crippen LogP contribution is 2.63. The lowest BCUT2D eigenvalue weighted by atomic mass is 9.48. The lowest BCUT2D eigenvalue weighted by Crippen LogP contribution is -2.50. The van der Waals surface area contributed by atoms with Gasteiger partial charge in [0.05, 0.1) is 6.10 Å². The number of rotatable bonds is 0. The molecule has 0 radical (unpaired) electrons. The van der Waals surface area contributed by atoms with Gasteiger partial charge in [0.2, 0.25) is 0 Å². The zero-order valence-electron chi connectivity index (χ0n) is 12.3. The monoisotopic (exact) mass is 278 g/mol. The maximum absolute atomic E-state index is 10.8. The van der Waals surface area contributed by atoms with Crippen LogP contribution in [-0.4, -0.2) is 5.11 Å². The van der Waals surface area contributed by atoms with Gasteiger partial charge in [-0.15, -0.1) is 0 Å². The Morgan fingerprint density at radius 3 is 2.47 bits per heavy atom. The number of hydrogen-bond donors (Lipinski definition) is 1. The molecule has 0 spiro atoms. The predicted octanol–water partition coefficient (Wildman–Crippen LogP) is 4.86. The maximum atomic E-state index is 10.8. The van der Waals surface area contributed by atoms with Crippen molar-refractivity contribution in [3.05, 3.63) is 34.3 Å². The standard InChI is InChI=1S/C17H23ClO/c1-15(2)8-16(3)10-17(4,9-15)14(19)12-6-5-11(18)7-13(12)16/h5-7,14,19H,8-10H2,1-4H3/t14-,16-,17+/m1/s1. The number of benzene rings is 1. The molecule has 0 unspecified atom stereocenters. The second-order valence-corrected chi connectivity index (χ2v) is 8.48. The first-order valence-electron chi connectivity index (χ1n) is 7.13. The average Bonchev–Trinajstić information content (AvgIpc) is 2.23. The molecule has 0 aromatic heterocycles. The van der Waals surface area contributed by atoms with Crippen molar-refractivity contribution in [1.29, 1.82) is 0 Å². The summed E-state index contributed by atoms with van der Waals surface area (Å²) in [5.41, 5.74) is 2.74. The molecule has 2 aliphatic rings. The molecular formula is C17H23ClO. The fourth-order valence-electron chi connectivity index (χ4n) is 5.28. The first-order chi connectivity index (χ1) is 8.65. The fraction of sp³-hybridized carbons (Fsp3) is 0.647. The van der Waals surface area contributed by atoms with Crippen molar-refractivity contribution in [1.82, 2.24) is 0 Å². The smallest absolute Gasteiger partial charge is 0.0846 e. The Morgan fingerprint density at radius 2 is 1.79 bits per heavy atom. The zero-order chi connectivity index (χ0) is 14.1. The van der Waals surface area contributed by atoms with E-state index in [-0.39, 0.29) is 22.3 Å². The van der Waals surface area contributed by atoms with Gasteiger partial charge >= 0.3 is 0 Å². The first kappa shape index (κ1) is 13.5. The molecule has 1 aromatic rings. The third kappa shape index (κ3) is 1.94. The van der Waals surface area contributed by atoms with Gasteiger partial charge in [0.15, 0.2) is 0 Å². The second-order valence-electron chi connectivity index (χ2n) is 8.04. The number of aliphatic hydroxyl groups excluding tert-OH is 1. The van der Waals surface area contributed by atoms with Crippen LogP contribution in [0.3, 0.4) is 0 Å². The molecular weight excluding hydrogens is 256 g/mol. The molecule has 1 saturated carbocycles. The van der Waals surface area contributed by atoms with Gasteiger partial charge in [-0.1, -0.05) is 45.4 Å². The molecule has 0 heterocycles. The van der Waals surface area contributed by atoms with E-state index in [0.717, 1.165) is 29.8 Å². The molecule has 1 N–H and O–H groups in total. The summed E-state index contributed by atoms with van der Waals surface area (Å²) >= 11 is 6.19. The van der Waals surface area contributed by atoms with Crippen LogP contribution in [0.2, 0.25) is 5.02 Å². The van der Waals surface area contributed by atoms with Crippen LogP contribution in [0.25, 0.3) is 0 Å². The van der Waals surface area contributed by atoms with Crippen LogP contribution in [0.4, 0.5) is 0 Å². The molecule has 19 heavy (non-hydrogen) atoms. The molecule has 1 fully saturated rings. The fourth-order valence-corrected chi connectivity index (χ4v) is 5.45. The molecule has 0 amide bonds. The van der Waals surface area contributed by atoms with E-state index in [4.69, 9.17) is 11.6 Å². The van der Waals surface area contributed by atoms with E-state index in [1.54, 1.807) is 0 Å². The Kier molecular flexibility index (Phi) is 2.67. The summed E-state index contributed by atoms with van der Waals surface area (Å²) in [7, 11) is 0. The zero-order valence-corrected chi connectivity index (χ0v) is 13.0. The summed E-state index contributed by atoms with van der Waals surface area (Å²) < 4.78 is 0. The van der Waals surface area contributed by atoms with E-state index in [1.807, 2.05) is 12.1 Å². The highest BCUT2D eigenvalue weighted by atomic mass is 35.5. The van der Waals surface area contributed by atoms with Gasteiger partial charge < -0.3 is 5.11 Å². The van der Waals surface area contributed by atoms with Crippen molar-refractivity contribution in [2.45, 2.75) is 58.5 Å². The van der Waals surface area contributed by atoms with Gasteiger partial charge in [-0.3, -0.25) is 0 Å². The van der Waals surface area contributed by atoms with Gasteiger partial charge in [0.25, 0.3) is 0 Å². The second kappa shape index (κ2) is 3.77. The van der Waals surface area contributed by atoms with Crippen LogP contribution in [-0.2, 0) is 5.41 Å². The quantitative estimate of drug-likeness (QED) is 0.718. The molecule has 0 aliphatic heterocycles. The van der Waals surface area contributed by atoms with Crippen molar-refractivity contribution in [3.8, 4) is 0 Å². The molecule has 104 valence electrons. The summed E-state index contributed by atoms with van der Waals surface area (Å²) in [5, 5.41) is 11.6. The molecule has 3 atom stereocenters. The molecule has 1 aromatic carbocycles. The summed E-state index contributed by atoms with van der Waals surface area (Å²) in [6, 6.07) is 6.00. The molecule has 2 heteroatoms. The van der Waals surface area contributed by atoms with Gasteiger partial charge in [0.1, 0.15) is 0 Å². The number of aliphatic hydroxyl groups is 1. The Labute approximate surface area is 121 Å². The summed E-state index contributed by atoms with van der Waals surface area (Å²) in [5.74, 6) is 0. The van der Waals surface area contributed by atoms with E-state index >= 15 is 0 Å². The van der Waals surface area contributed by atoms with E-state index in [9.17, 15) is 5.11 Å². The Bertz CT molecular complexity index is 536. The van der Waals surface area contributed by atoms with E-state index < -0.39 is 0 Å². The lowest BCUT2D eigenvalue weighted by molar-refractivity contribution is -0.0719. The molecule has 1 nitrogen and oxygen atoms in total. The number of halogens is 1. The highest BCUT2D eigenvalue weighted by molar-refractivity contribution is 6.30. The minimum atomic E-state index is -0.368. The van der Waals surface area contributed by atoms with Crippen LogP contribution < -0.4 is 0 Å². The minimum absolute atomic E-state index is 0.0165. The Hall–Kier alpha value is -0.530. The van der Waals surface area contributed by atoms with Crippen molar-refractivity contribution in [2.24, 2.45) is 10.8 Å². The van der Waals surface area contributed by atoms with Crippen molar-refractivity contribution in [2.75, 3.05) is 0 Å². The summed E-state index contributed by atoms with van der Waals surface area (Å²) in [6.45, 7) is 9.23. The third-order valence-corrected chi connectivity index (χ3v) is 5.40. The van der Waals surface area contributed by atoms with Crippen molar-refractivity contribution in [3.63, 3.8) is 0 Å². The van der Waals surface area contributed by atoms with Crippen molar-refractivity contribution < 1.29 is 5.11 Å². The number of fused-ring (bicyclic) bond motifs is 4. The molecule has 2 aliphatic carbocycles. The topological polar surface area (TPSA) is 20.2 Å². The van der Waals surface area contributed by atoms with Crippen molar-refractivity contribution >= 4 is 11.6 Å². The van der Waals surface area contributed by atoms with Crippen LogP contribution >= 0.6 is 11.6 Å². The Balaban J connectivity index is 2.23. The van der Waals surface area contributed by atoms with Gasteiger partial charge in [-0.25, -0.2) is 0 Å². The predicted molar refractivity (Wildman–Crippen MR) is 79.5 cm³/mol. The van der Waals surface area contributed by atoms with Crippen LogP contribution in [0, 0.1) is 10.8 Å². The van der Waals surface area contributed by atoms with Gasteiger partial charge in [0, 0.05) is 5.02 Å². The first-order valence-corrected chi connectivity index (χ1v) is 7.51. The SMILES string of the molecule is CC1(C)C[C@]2(C)C[C@](C)(C1)[C@H](O)c1ccc(Cl)cc12. The van der Waals surface area contributed by atoms with Gasteiger partial charge in [-0.2, -0.15) is 0 Å².